The molecule has 1 rings (SSSR count). The number of hydrogen-bond donors (Lipinski definition) is 0. The Kier molecular flexibility index (Phi) is 6.47. The first-order valence-corrected chi connectivity index (χ1v) is 7.97. The van der Waals surface area contributed by atoms with Crippen LogP contribution in [0, 0.1) is 18.3 Å². The van der Waals surface area contributed by atoms with E-state index in [-0.39, 0.29) is 23.6 Å². The zero-order valence-corrected chi connectivity index (χ0v) is 14.7. The summed E-state index contributed by atoms with van der Waals surface area (Å²) in [6, 6.07) is 0. The molecule has 0 saturated carbocycles. The van der Waals surface area contributed by atoms with Crippen LogP contribution in [0.25, 0.3) is 0 Å². The molecule has 1 unspecified atom stereocenters. The van der Waals surface area contributed by atoms with Gasteiger partial charge in [0.15, 0.2) is 0 Å². The van der Waals surface area contributed by atoms with E-state index in [1.165, 1.54) is 24.0 Å². The van der Waals surface area contributed by atoms with Gasteiger partial charge >= 0.3 is 5.91 Å². The molecule has 0 fully saturated rings. The summed E-state index contributed by atoms with van der Waals surface area (Å²) in [5, 5.41) is 0. The van der Waals surface area contributed by atoms with Crippen LogP contribution in [0.3, 0.4) is 0 Å². The molecule has 6 nitrogen and oxygen atoms in total. The van der Waals surface area contributed by atoms with Crippen molar-refractivity contribution in [3.8, 4) is 12.3 Å². The third kappa shape index (κ3) is 4.31. The molecule has 1 heterocycles. The lowest BCUT2D eigenvalue weighted by atomic mass is 9.83. The van der Waals surface area contributed by atoms with E-state index in [4.69, 9.17) is 6.42 Å². The van der Waals surface area contributed by atoms with E-state index in [0.29, 0.717) is 13.0 Å². The van der Waals surface area contributed by atoms with Crippen molar-refractivity contribution in [3.05, 3.63) is 12.2 Å². The first kappa shape index (κ1) is 19.6. The molecular weight excluding hydrogens is 308 g/mol. The molecule has 1 aliphatic heterocycles. The molecule has 0 aromatic heterocycles. The summed E-state index contributed by atoms with van der Waals surface area (Å²) in [4.78, 5) is 48.9. The van der Waals surface area contributed by atoms with Crippen LogP contribution in [0.4, 0.5) is 0 Å². The van der Waals surface area contributed by atoms with Crippen LogP contribution in [0.5, 0.6) is 0 Å². The molecular formula is C18H24N2O4. The lowest BCUT2D eigenvalue weighted by Gasteiger charge is -2.40. The monoisotopic (exact) mass is 332 g/mol. The molecule has 0 saturated heterocycles. The maximum Gasteiger partial charge on any atom is 0.305 e. The normalized spacial score (nSPS) is 15.4. The molecule has 1 atom stereocenters. The van der Waals surface area contributed by atoms with Crippen molar-refractivity contribution in [3.63, 3.8) is 0 Å². The summed E-state index contributed by atoms with van der Waals surface area (Å²) in [7, 11) is 0. The van der Waals surface area contributed by atoms with Gasteiger partial charge in [-0.15, -0.1) is 6.42 Å². The number of hydrogen-bond acceptors (Lipinski definition) is 4. The molecule has 0 aromatic rings. The number of imide groups is 2. The highest BCUT2D eigenvalue weighted by molar-refractivity contribution is 6.12. The summed E-state index contributed by atoms with van der Waals surface area (Å²) >= 11 is 0. The Balaban J connectivity index is 2.56. The van der Waals surface area contributed by atoms with Crippen LogP contribution >= 0.6 is 0 Å². The predicted octanol–water partition coefficient (Wildman–Crippen LogP) is 1.50. The van der Waals surface area contributed by atoms with Crippen LogP contribution in [0.1, 0.15) is 47.0 Å². The summed E-state index contributed by atoms with van der Waals surface area (Å²) in [5.41, 5.74) is -0.712. The first-order valence-electron chi connectivity index (χ1n) is 7.97. The third-order valence-electron chi connectivity index (χ3n) is 4.59. The van der Waals surface area contributed by atoms with Crippen molar-refractivity contribution in [1.82, 2.24) is 9.80 Å². The fraction of sp³-hybridized carbons (Fsp3) is 0.556. The van der Waals surface area contributed by atoms with Crippen molar-refractivity contribution < 1.29 is 19.2 Å². The van der Waals surface area contributed by atoms with Crippen LogP contribution < -0.4 is 0 Å². The zero-order valence-electron chi connectivity index (χ0n) is 14.7. The van der Waals surface area contributed by atoms with Crippen LogP contribution in [0.15, 0.2) is 12.2 Å². The Hall–Kier alpha value is -2.42. The molecule has 24 heavy (non-hydrogen) atoms. The van der Waals surface area contributed by atoms with Crippen LogP contribution in [-0.2, 0) is 19.2 Å². The SMILES string of the molecule is C#CC(=O)N(C(C)=O)C(C)(C)C(C)CCCCN1C(=O)C=CC1=O. The van der Waals surface area contributed by atoms with E-state index in [9.17, 15) is 19.2 Å². The van der Waals surface area contributed by atoms with Gasteiger partial charge in [0, 0.05) is 31.2 Å². The minimum atomic E-state index is -0.712. The second kappa shape index (κ2) is 7.91. The van der Waals surface area contributed by atoms with Gasteiger partial charge in [0.1, 0.15) is 0 Å². The van der Waals surface area contributed by atoms with Gasteiger partial charge in [-0.2, -0.15) is 0 Å². The molecule has 0 bridgehead atoms. The Morgan fingerprint density at radius 1 is 1.25 bits per heavy atom. The Labute approximate surface area is 142 Å². The van der Waals surface area contributed by atoms with Crippen molar-refractivity contribution in [2.45, 2.75) is 52.5 Å². The third-order valence-corrected chi connectivity index (χ3v) is 4.59. The maximum absolute atomic E-state index is 11.9. The molecule has 0 aliphatic carbocycles. The van der Waals surface area contributed by atoms with E-state index < -0.39 is 11.4 Å². The lowest BCUT2D eigenvalue weighted by Crippen LogP contribution is -2.53. The highest BCUT2D eigenvalue weighted by Gasteiger charge is 2.37. The Morgan fingerprint density at radius 2 is 1.79 bits per heavy atom. The Morgan fingerprint density at radius 3 is 2.25 bits per heavy atom. The highest BCUT2D eigenvalue weighted by atomic mass is 16.2. The molecule has 0 N–H and O–H groups in total. The highest BCUT2D eigenvalue weighted by Crippen LogP contribution is 2.29. The smallest absolute Gasteiger partial charge is 0.275 e. The quantitative estimate of drug-likeness (QED) is 0.402. The second-order valence-corrected chi connectivity index (χ2v) is 6.52. The molecule has 6 heteroatoms. The van der Waals surface area contributed by atoms with Gasteiger partial charge in [-0.1, -0.05) is 13.3 Å². The average molecular weight is 332 g/mol. The minimum Gasteiger partial charge on any atom is -0.275 e. The first-order chi connectivity index (χ1) is 11.1. The second-order valence-electron chi connectivity index (χ2n) is 6.52. The van der Waals surface area contributed by atoms with Gasteiger partial charge in [0.25, 0.3) is 11.8 Å². The largest absolute Gasteiger partial charge is 0.305 e. The fourth-order valence-corrected chi connectivity index (χ4v) is 2.82. The molecule has 0 aromatic carbocycles. The molecule has 0 radical (unpaired) electrons. The predicted molar refractivity (Wildman–Crippen MR) is 89.3 cm³/mol. The minimum absolute atomic E-state index is 0.0156. The molecule has 0 spiro atoms. The van der Waals surface area contributed by atoms with Gasteiger partial charge in [0.05, 0.1) is 0 Å². The van der Waals surface area contributed by atoms with Crippen molar-refractivity contribution >= 4 is 23.6 Å². The molecule has 130 valence electrons. The number of unbranched alkanes of at least 4 members (excludes halogenated alkanes) is 1. The van der Waals surface area contributed by atoms with Gasteiger partial charge in [0.2, 0.25) is 5.91 Å². The summed E-state index contributed by atoms with van der Waals surface area (Å²) in [5.74, 6) is 0.431. The van der Waals surface area contributed by atoms with Crippen molar-refractivity contribution in [2.24, 2.45) is 5.92 Å². The average Bonchev–Trinajstić information content (AvgIpc) is 2.81. The van der Waals surface area contributed by atoms with Crippen molar-refractivity contribution in [2.75, 3.05) is 6.54 Å². The lowest BCUT2D eigenvalue weighted by molar-refractivity contribution is -0.148. The number of terminal acetylenes is 1. The van der Waals surface area contributed by atoms with Gasteiger partial charge < -0.3 is 0 Å². The summed E-state index contributed by atoms with van der Waals surface area (Å²) in [6.45, 7) is 7.27. The van der Waals surface area contributed by atoms with Gasteiger partial charge in [-0.3, -0.25) is 29.0 Å². The zero-order chi connectivity index (χ0) is 18.5. The fourth-order valence-electron chi connectivity index (χ4n) is 2.82. The maximum atomic E-state index is 11.9. The summed E-state index contributed by atoms with van der Waals surface area (Å²) in [6.07, 6.45) is 9.86. The van der Waals surface area contributed by atoms with Crippen molar-refractivity contribution in [1.29, 1.82) is 0 Å². The molecule has 1 aliphatic rings. The van der Waals surface area contributed by atoms with Crippen LogP contribution in [0.2, 0.25) is 0 Å². The standard InChI is InChI=1S/C18H24N2O4/c1-6-15(22)20(14(3)21)18(4,5)13(2)9-7-8-12-19-16(23)10-11-17(19)24/h1,10-11,13H,7-9,12H2,2-5H3. The number of carbonyl (C=O) groups is 4. The molecule has 4 amide bonds. The van der Waals surface area contributed by atoms with E-state index in [0.717, 1.165) is 17.7 Å². The van der Waals surface area contributed by atoms with Gasteiger partial charge in [-0.25, -0.2) is 0 Å². The van der Waals surface area contributed by atoms with E-state index in [1.54, 1.807) is 0 Å². The van der Waals surface area contributed by atoms with E-state index in [2.05, 4.69) is 0 Å². The summed E-state index contributed by atoms with van der Waals surface area (Å²) < 4.78 is 0. The van der Waals surface area contributed by atoms with Gasteiger partial charge in [-0.05, 0) is 38.5 Å². The Bertz CT molecular complexity index is 595. The van der Waals surface area contributed by atoms with E-state index in [1.807, 2.05) is 26.7 Å². The number of carbonyl (C=O) groups excluding carboxylic acids is 4. The number of amides is 4. The topological polar surface area (TPSA) is 74.8 Å². The van der Waals surface area contributed by atoms with E-state index >= 15 is 0 Å². The number of rotatable bonds is 7. The number of nitrogens with zero attached hydrogens (tertiary/aromatic N) is 2. The van der Waals surface area contributed by atoms with Crippen LogP contribution in [-0.4, -0.2) is 45.5 Å².